The molecule has 0 bridgehead atoms. The summed E-state index contributed by atoms with van der Waals surface area (Å²) in [6, 6.07) is 16.5. The van der Waals surface area contributed by atoms with Crippen molar-refractivity contribution in [2.24, 2.45) is 0 Å². The topological polar surface area (TPSA) is 32.3 Å². The Labute approximate surface area is 162 Å². The van der Waals surface area contributed by atoms with E-state index in [0.717, 1.165) is 19.5 Å². The second-order valence-corrected chi connectivity index (χ2v) is 7.56. The fourth-order valence-corrected chi connectivity index (χ4v) is 4.31. The van der Waals surface area contributed by atoms with Crippen molar-refractivity contribution in [2.45, 2.75) is 19.0 Å². The van der Waals surface area contributed by atoms with Crippen LogP contribution in [0.15, 0.2) is 65.4 Å². The number of benzene rings is 2. The molecule has 0 unspecified atom stereocenters. The number of halogens is 1. The van der Waals surface area contributed by atoms with E-state index in [1.807, 2.05) is 0 Å². The van der Waals surface area contributed by atoms with Gasteiger partial charge in [0.1, 0.15) is 5.82 Å². The monoisotopic (exact) mass is 380 g/mol. The summed E-state index contributed by atoms with van der Waals surface area (Å²) in [7, 11) is 0. The number of amides is 1. The summed E-state index contributed by atoms with van der Waals surface area (Å²) < 4.78 is 13.1. The standard InChI is InChI=1S/C22H21FN2OS/c23-20-7-5-17(6-8-20)22(26)24-13-21(19-10-12-27-15-19)25-11-9-16-3-1-2-4-18(16)14-25/h1-8,10,12,15,21H,9,11,13-14H2,(H,24,26)/t21-/m0/s1. The van der Waals surface area contributed by atoms with Gasteiger partial charge < -0.3 is 5.32 Å². The summed E-state index contributed by atoms with van der Waals surface area (Å²) in [6.07, 6.45) is 1.02. The van der Waals surface area contributed by atoms with Gasteiger partial charge in [-0.25, -0.2) is 4.39 Å². The molecule has 0 radical (unpaired) electrons. The zero-order chi connectivity index (χ0) is 18.6. The smallest absolute Gasteiger partial charge is 0.251 e. The van der Waals surface area contributed by atoms with Crippen LogP contribution >= 0.6 is 11.3 Å². The Morgan fingerprint density at radius 1 is 1.11 bits per heavy atom. The largest absolute Gasteiger partial charge is 0.350 e. The molecule has 0 fully saturated rings. The van der Waals surface area contributed by atoms with Crippen molar-refractivity contribution in [3.8, 4) is 0 Å². The maximum atomic E-state index is 13.1. The first kappa shape index (κ1) is 17.9. The Balaban J connectivity index is 1.49. The summed E-state index contributed by atoms with van der Waals surface area (Å²) in [5.41, 5.74) is 4.46. The van der Waals surface area contributed by atoms with Crippen LogP contribution in [0.4, 0.5) is 4.39 Å². The Bertz CT molecular complexity index is 908. The number of carbonyl (C=O) groups excluding carboxylic acids is 1. The second-order valence-electron chi connectivity index (χ2n) is 6.78. The molecule has 3 aromatic rings. The van der Waals surface area contributed by atoms with Gasteiger partial charge in [-0.1, -0.05) is 24.3 Å². The van der Waals surface area contributed by atoms with Crippen molar-refractivity contribution in [3.05, 3.63) is 93.4 Å². The van der Waals surface area contributed by atoms with Gasteiger partial charge in [-0.05, 0) is 64.2 Å². The molecule has 4 rings (SSSR count). The van der Waals surface area contributed by atoms with Crippen LogP contribution in [0.3, 0.4) is 0 Å². The molecule has 2 aromatic carbocycles. The van der Waals surface area contributed by atoms with Crippen molar-refractivity contribution >= 4 is 17.2 Å². The quantitative estimate of drug-likeness (QED) is 0.711. The minimum atomic E-state index is -0.338. The Kier molecular flexibility index (Phi) is 5.32. The molecule has 1 atom stereocenters. The zero-order valence-corrected chi connectivity index (χ0v) is 15.7. The number of hydrogen-bond acceptors (Lipinski definition) is 3. The Morgan fingerprint density at radius 2 is 1.89 bits per heavy atom. The van der Waals surface area contributed by atoms with Crippen LogP contribution in [-0.4, -0.2) is 23.9 Å². The van der Waals surface area contributed by atoms with Crippen LogP contribution in [0.5, 0.6) is 0 Å². The van der Waals surface area contributed by atoms with Crippen molar-refractivity contribution in [1.82, 2.24) is 10.2 Å². The van der Waals surface area contributed by atoms with Crippen LogP contribution in [0.25, 0.3) is 0 Å². The van der Waals surface area contributed by atoms with Gasteiger partial charge in [-0.15, -0.1) is 0 Å². The molecule has 138 valence electrons. The van der Waals surface area contributed by atoms with Crippen LogP contribution in [0, 0.1) is 5.82 Å². The number of rotatable bonds is 5. The van der Waals surface area contributed by atoms with E-state index in [1.54, 1.807) is 11.3 Å². The molecule has 1 N–H and O–H groups in total. The summed E-state index contributed by atoms with van der Waals surface area (Å²) in [4.78, 5) is 14.9. The van der Waals surface area contributed by atoms with Gasteiger partial charge in [0.05, 0.1) is 6.04 Å². The Hall–Kier alpha value is -2.50. The SMILES string of the molecule is O=C(NC[C@@H](c1ccsc1)N1CCc2ccccc2C1)c1ccc(F)cc1. The maximum Gasteiger partial charge on any atom is 0.251 e. The third-order valence-corrected chi connectivity index (χ3v) is 5.79. The molecule has 5 heteroatoms. The molecule has 0 saturated carbocycles. The highest BCUT2D eigenvalue weighted by atomic mass is 32.1. The van der Waals surface area contributed by atoms with Gasteiger partial charge in [0.2, 0.25) is 0 Å². The molecule has 1 aliphatic rings. The molecule has 0 aliphatic carbocycles. The van der Waals surface area contributed by atoms with Gasteiger partial charge in [0.15, 0.2) is 0 Å². The third kappa shape index (κ3) is 4.10. The first-order valence-electron chi connectivity index (χ1n) is 9.07. The first-order chi connectivity index (χ1) is 13.2. The molecule has 1 aliphatic heterocycles. The van der Waals surface area contributed by atoms with Gasteiger partial charge >= 0.3 is 0 Å². The van der Waals surface area contributed by atoms with E-state index in [4.69, 9.17) is 0 Å². The fraction of sp³-hybridized carbons (Fsp3) is 0.227. The van der Waals surface area contributed by atoms with E-state index in [0.29, 0.717) is 12.1 Å². The number of hydrogen-bond donors (Lipinski definition) is 1. The van der Waals surface area contributed by atoms with Gasteiger partial charge in [-0.2, -0.15) is 11.3 Å². The molecule has 1 amide bonds. The predicted octanol–water partition coefficient (Wildman–Crippen LogP) is 4.42. The van der Waals surface area contributed by atoms with Gasteiger partial charge in [0, 0.05) is 25.2 Å². The van der Waals surface area contributed by atoms with Crippen LogP contribution < -0.4 is 5.32 Å². The van der Waals surface area contributed by atoms with E-state index >= 15 is 0 Å². The summed E-state index contributed by atoms with van der Waals surface area (Å²) in [6.45, 7) is 2.36. The predicted molar refractivity (Wildman–Crippen MR) is 106 cm³/mol. The molecule has 0 spiro atoms. The third-order valence-electron chi connectivity index (χ3n) is 5.09. The number of nitrogens with one attached hydrogen (secondary N) is 1. The van der Waals surface area contributed by atoms with E-state index in [-0.39, 0.29) is 17.8 Å². The van der Waals surface area contributed by atoms with E-state index in [2.05, 4.69) is 51.3 Å². The highest BCUT2D eigenvalue weighted by molar-refractivity contribution is 7.07. The van der Waals surface area contributed by atoms with Crippen molar-refractivity contribution in [2.75, 3.05) is 13.1 Å². The number of carbonyl (C=O) groups is 1. The number of thiophene rings is 1. The molecule has 1 aromatic heterocycles. The van der Waals surface area contributed by atoms with Gasteiger partial charge in [-0.3, -0.25) is 9.69 Å². The average Bonchev–Trinajstić information content (AvgIpc) is 3.23. The molecule has 3 nitrogen and oxygen atoms in total. The lowest BCUT2D eigenvalue weighted by Gasteiger charge is -2.35. The van der Waals surface area contributed by atoms with E-state index in [1.165, 1.54) is 41.0 Å². The zero-order valence-electron chi connectivity index (χ0n) is 14.9. The first-order valence-corrected chi connectivity index (χ1v) is 10.0. The van der Waals surface area contributed by atoms with E-state index in [9.17, 15) is 9.18 Å². The van der Waals surface area contributed by atoms with Crippen LogP contribution in [0.2, 0.25) is 0 Å². The van der Waals surface area contributed by atoms with E-state index < -0.39 is 0 Å². The normalized spacial score (nSPS) is 15.1. The summed E-state index contributed by atoms with van der Waals surface area (Å²) >= 11 is 1.67. The van der Waals surface area contributed by atoms with Crippen molar-refractivity contribution < 1.29 is 9.18 Å². The van der Waals surface area contributed by atoms with Crippen molar-refractivity contribution in [3.63, 3.8) is 0 Å². The second kappa shape index (κ2) is 8.03. The maximum absolute atomic E-state index is 13.1. The summed E-state index contributed by atoms with van der Waals surface area (Å²) in [5.74, 6) is -0.512. The summed E-state index contributed by atoms with van der Waals surface area (Å²) in [5, 5.41) is 7.25. The molecule has 0 saturated heterocycles. The molecular formula is C22H21FN2OS. The lowest BCUT2D eigenvalue weighted by atomic mass is 9.97. The fourth-order valence-electron chi connectivity index (χ4n) is 3.60. The molecule has 2 heterocycles. The lowest BCUT2D eigenvalue weighted by Crippen LogP contribution is -2.40. The average molecular weight is 380 g/mol. The minimum absolute atomic E-state index is 0.119. The Morgan fingerprint density at radius 3 is 2.63 bits per heavy atom. The lowest BCUT2D eigenvalue weighted by molar-refractivity contribution is 0.0928. The molecular weight excluding hydrogens is 359 g/mol. The number of nitrogens with zero attached hydrogens (tertiary/aromatic N) is 1. The van der Waals surface area contributed by atoms with Crippen LogP contribution in [-0.2, 0) is 13.0 Å². The minimum Gasteiger partial charge on any atom is -0.350 e. The van der Waals surface area contributed by atoms with Gasteiger partial charge in [0.25, 0.3) is 5.91 Å². The highest BCUT2D eigenvalue weighted by Gasteiger charge is 2.25. The van der Waals surface area contributed by atoms with Crippen molar-refractivity contribution in [1.29, 1.82) is 0 Å². The number of fused-ring (bicyclic) bond motifs is 1. The molecule has 27 heavy (non-hydrogen) atoms. The van der Waals surface area contributed by atoms with Crippen LogP contribution in [0.1, 0.15) is 33.1 Å². The highest BCUT2D eigenvalue weighted by Crippen LogP contribution is 2.28.